The summed E-state index contributed by atoms with van der Waals surface area (Å²) in [5.74, 6) is -0.675. The minimum absolute atomic E-state index is 0.263. The molecule has 1 amide bonds. The third-order valence-electron chi connectivity index (χ3n) is 8.77. The van der Waals surface area contributed by atoms with E-state index < -0.39 is 78.5 Å². The molecule has 14 heteroatoms. The third kappa shape index (κ3) is 19.7. The zero-order valence-corrected chi connectivity index (χ0v) is 29.5. The summed E-state index contributed by atoms with van der Waals surface area (Å²) < 4.78 is 47.1. The van der Waals surface area contributed by atoms with E-state index in [1.54, 1.807) is 0 Å². The van der Waals surface area contributed by atoms with E-state index in [9.17, 15) is 38.7 Å². The number of ether oxygens (including phenoxy) is 2. The molecule has 0 spiro atoms. The van der Waals surface area contributed by atoms with E-state index in [-0.39, 0.29) is 6.42 Å². The fraction of sp³-hybridized carbons (Fsp3) is 0.970. The highest BCUT2D eigenvalue weighted by molar-refractivity contribution is 7.80. The Morgan fingerprint density at radius 2 is 1.23 bits per heavy atom. The molecule has 1 aliphatic heterocycles. The molecule has 1 heterocycles. The number of aliphatic hydroxyl groups is 5. The van der Waals surface area contributed by atoms with Gasteiger partial charge in [0.25, 0.3) is 0 Å². The summed E-state index contributed by atoms with van der Waals surface area (Å²) in [7, 11) is -5.09. The van der Waals surface area contributed by atoms with Crippen LogP contribution in [-0.4, -0.2) is 107 Å². The number of unbranched alkanes of at least 4 members (excludes halogenated alkanes) is 16. The first kappa shape index (κ1) is 44.1. The number of hydrogen-bond acceptors (Lipinski definition) is 11. The van der Waals surface area contributed by atoms with Crippen molar-refractivity contribution in [2.24, 2.45) is 0 Å². The van der Waals surface area contributed by atoms with Gasteiger partial charge in [-0.2, -0.15) is 8.42 Å². The summed E-state index contributed by atoms with van der Waals surface area (Å²) in [5.41, 5.74) is 0. The van der Waals surface area contributed by atoms with E-state index in [4.69, 9.17) is 14.0 Å². The molecular formula is C33H65NO12S. The molecule has 8 atom stereocenters. The zero-order chi connectivity index (χ0) is 35.1. The SMILES string of the molecule is CCCCCCCCCCCCC(O)C(=O)NC(COC1OC(CO)C(O)C(OS(=O)(=O)O)C1O)C(O)CCCCCCCCCC. The minimum atomic E-state index is -5.09. The van der Waals surface area contributed by atoms with Crippen LogP contribution in [0.3, 0.4) is 0 Å². The first-order chi connectivity index (χ1) is 22.4. The maximum absolute atomic E-state index is 12.9. The van der Waals surface area contributed by atoms with Crippen molar-refractivity contribution in [3.8, 4) is 0 Å². The lowest BCUT2D eigenvalue weighted by atomic mass is 9.99. The number of carbonyl (C=O) groups excluding carboxylic acids is 1. The van der Waals surface area contributed by atoms with Crippen molar-refractivity contribution in [2.45, 2.75) is 191 Å². The van der Waals surface area contributed by atoms with Crippen molar-refractivity contribution in [2.75, 3.05) is 13.2 Å². The summed E-state index contributed by atoms with van der Waals surface area (Å²) in [6.45, 7) is 3.16. The van der Waals surface area contributed by atoms with Gasteiger partial charge in [0.2, 0.25) is 5.91 Å². The van der Waals surface area contributed by atoms with E-state index in [2.05, 4.69) is 23.3 Å². The smallest absolute Gasteiger partial charge is 0.394 e. The fourth-order valence-corrected chi connectivity index (χ4v) is 6.32. The van der Waals surface area contributed by atoms with Crippen molar-refractivity contribution >= 4 is 16.3 Å². The van der Waals surface area contributed by atoms with E-state index in [1.165, 1.54) is 57.8 Å². The Balaban J connectivity index is 2.72. The molecule has 1 aliphatic rings. The third-order valence-corrected chi connectivity index (χ3v) is 9.24. The van der Waals surface area contributed by atoms with Gasteiger partial charge in [-0.1, -0.05) is 129 Å². The maximum atomic E-state index is 12.9. The Morgan fingerprint density at radius 3 is 1.70 bits per heavy atom. The zero-order valence-electron chi connectivity index (χ0n) is 28.7. The van der Waals surface area contributed by atoms with Crippen LogP contribution in [0.1, 0.15) is 142 Å². The average molecular weight is 700 g/mol. The first-order valence-electron chi connectivity index (χ1n) is 18.0. The molecule has 0 aromatic carbocycles. The van der Waals surface area contributed by atoms with Gasteiger partial charge in [-0.25, -0.2) is 4.18 Å². The largest absolute Gasteiger partial charge is 0.397 e. The highest BCUT2D eigenvalue weighted by Crippen LogP contribution is 2.26. The fourth-order valence-electron chi connectivity index (χ4n) is 5.82. The van der Waals surface area contributed by atoms with Gasteiger partial charge in [0.1, 0.15) is 30.5 Å². The molecule has 0 aromatic rings. The first-order valence-corrected chi connectivity index (χ1v) is 19.4. The molecule has 0 bridgehead atoms. The number of hydrogen-bond donors (Lipinski definition) is 7. The summed E-state index contributed by atoms with van der Waals surface area (Å²) in [4.78, 5) is 12.9. The van der Waals surface area contributed by atoms with Crippen LogP contribution in [0.25, 0.3) is 0 Å². The monoisotopic (exact) mass is 699 g/mol. The van der Waals surface area contributed by atoms with Gasteiger partial charge < -0.3 is 40.3 Å². The molecule has 47 heavy (non-hydrogen) atoms. The molecule has 1 rings (SSSR count). The maximum Gasteiger partial charge on any atom is 0.397 e. The molecule has 280 valence electrons. The predicted octanol–water partition coefficient (Wildman–Crippen LogP) is 3.68. The molecular weight excluding hydrogens is 634 g/mol. The van der Waals surface area contributed by atoms with E-state index in [0.717, 1.165) is 44.9 Å². The second kappa shape index (κ2) is 25.9. The standard InChI is InChI=1S/C33H65NO12S/c1-3-5-7-9-11-13-14-16-18-20-22-27(37)32(40)34-25(26(36)21-19-17-15-12-10-8-6-4-2)24-44-33-30(39)31(46-47(41,42)43)29(38)28(23-35)45-33/h25-31,33,35-39H,3-24H2,1-2H3,(H,34,40)(H,41,42,43). The number of rotatable bonds is 29. The van der Waals surface area contributed by atoms with Gasteiger partial charge in [-0.15, -0.1) is 0 Å². The topological polar surface area (TPSA) is 212 Å². The number of aliphatic hydroxyl groups excluding tert-OH is 5. The summed E-state index contributed by atoms with van der Waals surface area (Å²) >= 11 is 0. The van der Waals surface area contributed by atoms with Crippen LogP contribution in [0.15, 0.2) is 0 Å². The minimum Gasteiger partial charge on any atom is -0.394 e. The lowest BCUT2D eigenvalue weighted by Gasteiger charge is -2.41. The van der Waals surface area contributed by atoms with Gasteiger partial charge in [0.05, 0.1) is 25.4 Å². The summed E-state index contributed by atoms with van der Waals surface area (Å²) in [6, 6.07) is -1.02. The molecule has 0 aromatic heterocycles. The Morgan fingerprint density at radius 1 is 0.766 bits per heavy atom. The second-order valence-corrected chi connectivity index (χ2v) is 14.0. The van der Waals surface area contributed by atoms with Gasteiger partial charge in [-0.3, -0.25) is 9.35 Å². The molecule has 1 saturated heterocycles. The molecule has 7 N–H and O–H groups in total. The quantitative estimate of drug-likeness (QED) is 0.0440. The Kier molecular flexibility index (Phi) is 24.3. The Bertz CT molecular complexity index is 895. The van der Waals surface area contributed by atoms with Gasteiger partial charge in [0.15, 0.2) is 6.29 Å². The number of amides is 1. The predicted molar refractivity (Wildman–Crippen MR) is 178 cm³/mol. The highest BCUT2D eigenvalue weighted by Gasteiger charge is 2.48. The second-order valence-electron chi connectivity index (χ2n) is 13.0. The van der Waals surface area contributed by atoms with Crippen molar-refractivity contribution in [1.82, 2.24) is 5.32 Å². The van der Waals surface area contributed by atoms with Crippen LogP contribution >= 0.6 is 0 Å². The molecule has 0 aliphatic carbocycles. The van der Waals surface area contributed by atoms with Crippen LogP contribution in [-0.2, 0) is 28.9 Å². The van der Waals surface area contributed by atoms with Crippen molar-refractivity contribution in [1.29, 1.82) is 0 Å². The lowest BCUT2D eigenvalue weighted by Crippen LogP contribution is -2.61. The lowest BCUT2D eigenvalue weighted by molar-refractivity contribution is -0.298. The van der Waals surface area contributed by atoms with Crippen LogP contribution in [0.4, 0.5) is 0 Å². The van der Waals surface area contributed by atoms with Gasteiger partial charge >= 0.3 is 10.4 Å². The molecule has 0 saturated carbocycles. The molecule has 0 radical (unpaired) electrons. The average Bonchev–Trinajstić information content (AvgIpc) is 3.03. The van der Waals surface area contributed by atoms with E-state index in [1.807, 2.05) is 0 Å². The van der Waals surface area contributed by atoms with Crippen LogP contribution in [0.2, 0.25) is 0 Å². The Labute approximate surface area is 282 Å². The normalized spacial score (nSPS) is 23.8. The van der Waals surface area contributed by atoms with Crippen LogP contribution in [0, 0.1) is 0 Å². The highest BCUT2D eigenvalue weighted by atomic mass is 32.3. The number of nitrogens with one attached hydrogen (secondary N) is 1. The molecule has 1 fully saturated rings. The van der Waals surface area contributed by atoms with Crippen molar-refractivity contribution in [3.05, 3.63) is 0 Å². The molecule has 13 nitrogen and oxygen atoms in total. The van der Waals surface area contributed by atoms with Gasteiger partial charge in [-0.05, 0) is 12.8 Å². The van der Waals surface area contributed by atoms with Gasteiger partial charge in [0, 0.05) is 0 Å². The molecule has 8 unspecified atom stereocenters. The number of carbonyl (C=O) groups is 1. The van der Waals surface area contributed by atoms with E-state index in [0.29, 0.717) is 19.3 Å². The van der Waals surface area contributed by atoms with E-state index >= 15 is 0 Å². The summed E-state index contributed by atoms with van der Waals surface area (Å²) in [5, 5.41) is 54.7. The Hall–Kier alpha value is -0.940. The van der Waals surface area contributed by atoms with Crippen molar-refractivity contribution < 1.29 is 57.0 Å². The van der Waals surface area contributed by atoms with Crippen LogP contribution < -0.4 is 5.32 Å². The van der Waals surface area contributed by atoms with Crippen LogP contribution in [0.5, 0.6) is 0 Å². The summed E-state index contributed by atoms with van der Waals surface area (Å²) in [6.07, 6.45) is 9.14. The van der Waals surface area contributed by atoms with Crippen molar-refractivity contribution in [3.63, 3.8) is 0 Å².